The summed E-state index contributed by atoms with van der Waals surface area (Å²) in [6.45, 7) is 0. The average Bonchev–Trinajstić information content (AvgIpc) is 2.61. The Balaban J connectivity index is 2.16. The van der Waals surface area contributed by atoms with Gasteiger partial charge in [-0.2, -0.15) is 0 Å². The highest BCUT2D eigenvalue weighted by atomic mass is 16.3. The van der Waals surface area contributed by atoms with Crippen molar-refractivity contribution in [3.05, 3.63) is 29.3 Å². The standard InChI is InChI=1S/C11H13NO/c12-11-4-6-3-10(11)8-2-1-7(13)5-9(6)8/h1-2,5-6,10-11,13H,3-4,12H2/t6-,10-,11+/m1/s1. The van der Waals surface area contributed by atoms with Gasteiger partial charge in [0, 0.05) is 6.04 Å². The van der Waals surface area contributed by atoms with E-state index in [1.54, 1.807) is 6.07 Å². The van der Waals surface area contributed by atoms with Gasteiger partial charge in [-0.1, -0.05) is 6.07 Å². The molecule has 1 fully saturated rings. The predicted molar refractivity (Wildman–Crippen MR) is 50.8 cm³/mol. The van der Waals surface area contributed by atoms with E-state index in [1.807, 2.05) is 12.1 Å². The Morgan fingerprint density at radius 2 is 2.08 bits per heavy atom. The number of fused-ring (bicyclic) bond motifs is 5. The van der Waals surface area contributed by atoms with Crippen molar-refractivity contribution in [2.24, 2.45) is 5.73 Å². The summed E-state index contributed by atoms with van der Waals surface area (Å²) < 4.78 is 0. The molecule has 2 aliphatic carbocycles. The van der Waals surface area contributed by atoms with E-state index < -0.39 is 0 Å². The smallest absolute Gasteiger partial charge is 0.115 e. The highest BCUT2D eigenvalue weighted by Crippen LogP contribution is 2.52. The maximum Gasteiger partial charge on any atom is 0.115 e. The van der Waals surface area contributed by atoms with Crippen LogP contribution in [0, 0.1) is 0 Å². The lowest BCUT2D eigenvalue weighted by Gasteiger charge is -2.20. The SMILES string of the molecule is N[C@H]1C[C@H]2C[C@@H]1c1ccc(O)cc12. The van der Waals surface area contributed by atoms with Gasteiger partial charge in [0.2, 0.25) is 0 Å². The van der Waals surface area contributed by atoms with Crippen molar-refractivity contribution in [2.75, 3.05) is 0 Å². The number of aromatic hydroxyl groups is 1. The highest BCUT2D eigenvalue weighted by molar-refractivity contribution is 5.46. The van der Waals surface area contributed by atoms with Crippen LogP contribution in [0.3, 0.4) is 0 Å². The van der Waals surface area contributed by atoms with Crippen LogP contribution in [0.5, 0.6) is 5.75 Å². The molecule has 0 radical (unpaired) electrons. The van der Waals surface area contributed by atoms with Crippen LogP contribution in [0.4, 0.5) is 0 Å². The zero-order chi connectivity index (χ0) is 9.00. The van der Waals surface area contributed by atoms with E-state index in [0.717, 1.165) is 6.42 Å². The molecular formula is C11H13NO. The van der Waals surface area contributed by atoms with Gasteiger partial charge in [-0.3, -0.25) is 0 Å². The third-order valence-electron chi connectivity index (χ3n) is 3.52. The first kappa shape index (κ1) is 7.39. The average molecular weight is 175 g/mol. The fourth-order valence-electron chi connectivity index (χ4n) is 2.94. The van der Waals surface area contributed by atoms with E-state index in [1.165, 1.54) is 17.5 Å². The van der Waals surface area contributed by atoms with Gasteiger partial charge in [-0.25, -0.2) is 0 Å². The second-order valence-electron chi connectivity index (χ2n) is 4.25. The predicted octanol–water partition coefficient (Wildman–Crippen LogP) is 1.69. The molecule has 1 aromatic rings. The van der Waals surface area contributed by atoms with E-state index in [9.17, 15) is 5.11 Å². The van der Waals surface area contributed by atoms with Gasteiger partial charge in [0.1, 0.15) is 5.75 Å². The zero-order valence-corrected chi connectivity index (χ0v) is 7.40. The van der Waals surface area contributed by atoms with Crippen LogP contribution in [-0.2, 0) is 0 Å². The molecule has 1 aromatic carbocycles. The molecular weight excluding hydrogens is 162 g/mol. The molecule has 13 heavy (non-hydrogen) atoms. The molecule has 0 aliphatic heterocycles. The summed E-state index contributed by atoms with van der Waals surface area (Å²) >= 11 is 0. The number of nitrogens with two attached hydrogens (primary N) is 1. The first-order valence-electron chi connectivity index (χ1n) is 4.84. The lowest BCUT2D eigenvalue weighted by molar-refractivity contribution is 0.472. The number of benzene rings is 1. The van der Waals surface area contributed by atoms with Crippen LogP contribution in [0.1, 0.15) is 35.8 Å². The van der Waals surface area contributed by atoms with Crippen molar-refractivity contribution in [2.45, 2.75) is 30.7 Å². The Hall–Kier alpha value is -1.02. The van der Waals surface area contributed by atoms with Gasteiger partial charge in [-0.05, 0) is 47.9 Å². The topological polar surface area (TPSA) is 46.2 Å². The third kappa shape index (κ3) is 0.866. The Bertz CT molecular complexity index is 361. The maximum absolute atomic E-state index is 9.36. The Morgan fingerprint density at radius 3 is 2.92 bits per heavy atom. The van der Waals surface area contributed by atoms with E-state index in [0.29, 0.717) is 23.6 Å². The maximum atomic E-state index is 9.36. The number of rotatable bonds is 0. The first-order chi connectivity index (χ1) is 6.25. The molecule has 0 heterocycles. The minimum atomic E-state index is 0.349. The summed E-state index contributed by atoms with van der Waals surface area (Å²) in [6, 6.07) is 6.06. The first-order valence-corrected chi connectivity index (χ1v) is 4.84. The van der Waals surface area contributed by atoms with Crippen molar-refractivity contribution in [1.29, 1.82) is 0 Å². The van der Waals surface area contributed by atoms with E-state index in [2.05, 4.69) is 0 Å². The number of phenols is 1. The largest absolute Gasteiger partial charge is 0.508 e. The third-order valence-corrected chi connectivity index (χ3v) is 3.52. The summed E-state index contributed by atoms with van der Waals surface area (Å²) in [7, 11) is 0. The van der Waals surface area contributed by atoms with E-state index in [4.69, 9.17) is 5.73 Å². The van der Waals surface area contributed by atoms with Gasteiger partial charge in [0.05, 0.1) is 0 Å². The molecule has 0 amide bonds. The van der Waals surface area contributed by atoms with Crippen LogP contribution in [-0.4, -0.2) is 11.1 Å². The fourth-order valence-corrected chi connectivity index (χ4v) is 2.94. The molecule has 0 unspecified atom stereocenters. The molecule has 2 nitrogen and oxygen atoms in total. The van der Waals surface area contributed by atoms with Gasteiger partial charge in [0.15, 0.2) is 0 Å². The molecule has 0 aromatic heterocycles. The minimum Gasteiger partial charge on any atom is -0.508 e. The molecule has 68 valence electrons. The quantitative estimate of drug-likeness (QED) is 0.630. The summed E-state index contributed by atoms with van der Waals surface area (Å²) in [4.78, 5) is 0. The van der Waals surface area contributed by atoms with Crippen molar-refractivity contribution >= 4 is 0 Å². The number of phenolic OH excluding ortho intramolecular Hbond substituents is 1. The zero-order valence-electron chi connectivity index (χ0n) is 7.40. The van der Waals surface area contributed by atoms with Crippen LogP contribution >= 0.6 is 0 Å². The van der Waals surface area contributed by atoms with Crippen LogP contribution in [0.25, 0.3) is 0 Å². The van der Waals surface area contributed by atoms with Crippen molar-refractivity contribution < 1.29 is 5.11 Å². The van der Waals surface area contributed by atoms with Crippen molar-refractivity contribution in [3.63, 3.8) is 0 Å². The summed E-state index contributed by atoms with van der Waals surface area (Å²) in [6.07, 6.45) is 2.29. The molecule has 3 rings (SSSR count). The van der Waals surface area contributed by atoms with E-state index in [-0.39, 0.29) is 0 Å². The van der Waals surface area contributed by atoms with Crippen molar-refractivity contribution in [1.82, 2.24) is 0 Å². The second kappa shape index (κ2) is 2.26. The normalized spacial score (nSPS) is 35.0. The molecule has 2 aliphatic rings. The molecule has 2 heteroatoms. The Kier molecular flexibility index (Phi) is 1.29. The second-order valence-corrected chi connectivity index (χ2v) is 4.25. The molecule has 3 atom stereocenters. The minimum absolute atomic E-state index is 0.349. The summed E-state index contributed by atoms with van der Waals surface area (Å²) in [5.41, 5.74) is 8.73. The highest BCUT2D eigenvalue weighted by Gasteiger charge is 2.41. The molecule has 1 saturated carbocycles. The lowest BCUT2D eigenvalue weighted by Crippen LogP contribution is -2.25. The van der Waals surface area contributed by atoms with Crippen LogP contribution in [0.15, 0.2) is 18.2 Å². The fraction of sp³-hybridized carbons (Fsp3) is 0.455. The van der Waals surface area contributed by atoms with Gasteiger partial charge < -0.3 is 10.8 Å². The van der Waals surface area contributed by atoms with Crippen LogP contribution < -0.4 is 5.73 Å². The summed E-state index contributed by atoms with van der Waals surface area (Å²) in [5, 5.41) is 9.36. The van der Waals surface area contributed by atoms with E-state index >= 15 is 0 Å². The number of hydrogen-bond acceptors (Lipinski definition) is 2. The number of hydrogen-bond donors (Lipinski definition) is 2. The van der Waals surface area contributed by atoms with Crippen molar-refractivity contribution in [3.8, 4) is 5.75 Å². The van der Waals surface area contributed by atoms with Crippen LogP contribution in [0.2, 0.25) is 0 Å². The Morgan fingerprint density at radius 1 is 1.23 bits per heavy atom. The van der Waals surface area contributed by atoms with Gasteiger partial charge in [0.25, 0.3) is 0 Å². The Labute approximate surface area is 77.4 Å². The molecule has 0 saturated heterocycles. The lowest BCUT2D eigenvalue weighted by atomic mass is 9.89. The van der Waals surface area contributed by atoms with Gasteiger partial charge in [-0.15, -0.1) is 0 Å². The molecule has 2 bridgehead atoms. The molecule has 3 N–H and O–H groups in total. The van der Waals surface area contributed by atoms with Gasteiger partial charge >= 0.3 is 0 Å². The monoisotopic (exact) mass is 175 g/mol. The molecule has 0 spiro atoms. The summed E-state index contributed by atoms with van der Waals surface area (Å²) in [5.74, 6) is 1.56.